The van der Waals surface area contributed by atoms with Crippen LogP contribution in [0.25, 0.3) is 0 Å². The predicted octanol–water partition coefficient (Wildman–Crippen LogP) is 2.36. The molecule has 4 nitrogen and oxygen atoms in total. The molecule has 124 valence electrons. The van der Waals surface area contributed by atoms with Gasteiger partial charge < -0.3 is 10.1 Å². The van der Waals surface area contributed by atoms with E-state index in [0.717, 1.165) is 45.5 Å². The van der Waals surface area contributed by atoms with Crippen LogP contribution in [-0.4, -0.2) is 43.2 Å². The van der Waals surface area contributed by atoms with Gasteiger partial charge in [0.2, 0.25) is 5.91 Å². The summed E-state index contributed by atoms with van der Waals surface area (Å²) >= 11 is 0. The minimum absolute atomic E-state index is 0.0931. The zero-order chi connectivity index (χ0) is 15.9. The van der Waals surface area contributed by atoms with Crippen LogP contribution in [0.4, 0.5) is 0 Å². The maximum atomic E-state index is 12.2. The fraction of sp³-hybridized carbons (Fsp3) is 0.526. The monoisotopic (exact) mass is 314 g/mol. The number of amides is 1. The Morgan fingerprint density at radius 1 is 1.26 bits per heavy atom. The third-order valence-corrected chi connectivity index (χ3v) is 4.62. The van der Waals surface area contributed by atoms with E-state index in [9.17, 15) is 4.79 Å². The summed E-state index contributed by atoms with van der Waals surface area (Å²) in [4.78, 5) is 14.6. The lowest BCUT2D eigenvalue weighted by Gasteiger charge is -2.33. The second kappa shape index (κ2) is 8.27. The Morgan fingerprint density at radius 3 is 2.91 bits per heavy atom. The van der Waals surface area contributed by atoms with Crippen molar-refractivity contribution in [1.82, 2.24) is 10.2 Å². The Labute approximate surface area is 138 Å². The van der Waals surface area contributed by atoms with Crippen molar-refractivity contribution in [2.75, 3.05) is 26.2 Å². The Balaban J connectivity index is 1.43. The number of carbonyl (C=O) groups is 1. The minimum Gasteiger partial charge on any atom is -0.374 e. The van der Waals surface area contributed by atoms with Crippen LogP contribution in [0.1, 0.15) is 24.8 Å². The van der Waals surface area contributed by atoms with Crippen LogP contribution >= 0.6 is 0 Å². The highest BCUT2D eigenvalue weighted by atomic mass is 16.5. The molecule has 1 aromatic rings. The van der Waals surface area contributed by atoms with Crippen LogP contribution in [0.3, 0.4) is 0 Å². The first-order chi connectivity index (χ1) is 11.3. The van der Waals surface area contributed by atoms with Gasteiger partial charge in [-0.05, 0) is 24.8 Å². The average molecular weight is 314 g/mol. The molecule has 0 radical (unpaired) electrons. The standard InChI is InChI=1S/C19H26N2O2/c22-19(17-9-5-2-6-10-17)20-13-18-15-21(11-12-23-18)14-16-7-3-1-4-8-16/h1-5,7-8,17-18H,6,9-15H2,(H,20,22). The van der Waals surface area contributed by atoms with Crippen molar-refractivity contribution in [2.24, 2.45) is 5.92 Å². The smallest absolute Gasteiger partial charge is 0.223 e. The number of rotatable bonds is 5. The zero-order valence-corrected chi connectivity index (χ0v) is 13.6. The molecule has 3 rings (SSSR count). The number of benzene rings is 1. The van der Waals surface area contributed by atoms with Crippen LogP contribution in [-0.2, 0) is 16.1 Å². The van der Waals surface area contributed by atoms with E-state index in [0.29, 0.717) is 6.54 Å². The molecule has 1 N–H and O–H groups in total. The van der Waals surface area contributed by atoms with Crippen molar-refractivity contribution < 1.29 is 9.53 Å². The topological polar surface area (TPSA) is 41.6 Å². The highest BCUT2D eigenvalue weighted by molar-refractivity contribution is 5.79. The second-order valence-electron chi connectivity index (χ2n) is 6.44. The predicted molar refractivity (Wildman–Crippen MR) is 90.9 cm³/mol. The van der Waals surface area contributed by atoms with Crippen LogP contribution in [0.15, 0.2) is 42.5 Å². The molecular formula is C19H26N2O2. The van der Waals surface area contributed by atoms with Gasteiger partial charge in [0.15, 0.2) is 0 Å². The Kier molecular flexibility index (Phi) is 5.83. The third kappa shape index (κ3) is 4.91. The molecule has 2 unspecified atom stereocenters. The minimum atomic E-state index is 0.0931. The largest absolute Gasteiger partial charge is 0.374 e. The van der Waals surface area contributed by atoms with E-state index >= 15 is 0 Å². The molecule has 0 saturated carbocycles. The Morgan fingerprint density at radius 2 is 2.13 bits per heavy atom. The van der Waals surface area contributed by atoms with Gasteiger partial charge in [0.1, 0.15) is 0 Å². The number of hydrogen-bond acceptors (Lipinski definition) is 3. The summed E-state index contributed by atoms with van der Waals surface area (Å²) < 4.78 is 5.81. The third-order valence-electron chi connectivity index (χ3n) is 4.62. The molecule has 1 fully saturated rings. The molecule has 2 aliphatic rings. The first-order valence-corrected chi connectivity index (χ1v) is 8.62. The Bertz CT molecular complexity index is 529. The molecule has 1 aliphatic heterocycles. The van der Waals surface area contributed by atoms with Crippen LogP contribution in [0.2, 0.25) is 0 Å². The van der Waals surface area contributed by atoms with Gasteiger partial charge in [-0.2, -0.15) is 0 Å². The molecule has 4 heteroatoms. The van der Waals surface area contributed by atoms with E-state index in [1.807, 2.05) is 6.07 Å². The summed E-state index contributed by atoms with van der Waals surface area (Å²) in [5.41, 5.74) is 1.33. The van der Waals surface area contributed by atoms with E-state index in [4.69, 9.17) is 4.74 Å². The highest BCUT2D eigenvalue weighted by Gasteiger charge is 2.23. The summed E-state index contributed by atoms with van der Waals surface area (Å²) in [6, 6.07) is 10.5. The van der Waals surface area contributed by atoms with Gasteiger partial charge >= 0.3 is 0 Å². The van der Waals surface area contributed by atoms with E-state index in [2.05, 4.69) is 46.6 Å². The molecule has 1 aromatic carbocycles. The number of morpholine rings is 1. The number of hydrogen-bond donors (Lipinski definition) is 1. The van der Waals surface area contributed by atoms with Crippen molar-refractivity contribution >= 4 is 5.91 Å². The van der Waals surface area contributed by atoms with Crippen molar-refractivity contribution in [2.45, 2.75) is 31.9 Å². The fourth-order valence-electron chi connectivity index (χ4n) is 3.28. The zero-order valence-electron chi connectivity index (χ0n) is 13.6. The summed E-state index contributed by atoms with van der Waals surface area (Å²) in [7, 11) is 0. The van der Waals surface area contributed by atoms with Gasteiger partial charge in [0.25, 0.3) is 0 Å². The SMILES string of the molecule is O=C(NCC1CN(Cc2ccccc2)CCO1)C1CC=CCC1. The number of nitrogens with one attached hydrogen (secondary N) is 1. The molecule has 1 aliphatic carbocycles. The average Bonchev–Trinajstić information content (AvgIpc) is 2.62. The first-order valence-electron chi connectivity index (χ1n) is 8.62. The van der Waals surface area contributed by atoms with Gasteiger partial charge in [0, 0.05) is 32.1 Å². The molecular weight excluding hydrogens is 288 g/mol. The van der Waals surface area contributed by atoms with Crippen molar-refractivity contribution in [3.8, 4) is 0 Å². The maximum absolute atomic E-state index is 12.2. The molecule has 2 atom stereocenters. The van der Waals surface area contributed by atoms with Crippen LogP contribution < -0.4 is 5.32 Å². The summed E-state index contributed by atoms with van der Waals surface area (Å²) in [6.07, 6.45) is 7.23. The normalized spacial score (nSPS) is 25.2. The summed E-state index contributed by atoms with van der Waals surface area (Å²) in [6.45, 7) is 4.12. The number of carbonyl (C=O) groups excluding carboxylic acids is 1. The lowest BCUT2D eigenvalue weighted by molar-refractivity contribution is -0.126. The lowest BCUT2D eigenvalue weighted by Crippen LogP contribution is -2.48. The van der Waals surface area contributed by atoms with E-state index < -0.39 is 0 Å². The molecule has 0 bridgehead atoms. The van der Waals surface area contributed by atoms with E-state index in [1.165, 1.54) is 5.56 Å². The van der Waals surface area contributed by atoms with E-state index in [-0.39, 0.29) is 17.9 Å². The summed E-state index contributed by atoms with van der Waals surface area (Å²) in [5, 5.41) is 3.08. The molecule has 0 aromatic heterocycles. The first kappa shape index (κ1) is 16.2. The number of nitrogens with zero attached hydrogens (tertiary/aromatic N) is 1. The van der Waals surface area contributed by atoms with Crippen molar-refractivity contribution in [1.29, 1.82) is 0 Å². The molecule has 1 heterocycles. The molecule has 0 spiro atoms. The van der Waals surface area contributed by atoms with Crippen LogP contribution in [0, 0.1) is 5.92 Å². The van der Waals surface area contributed by atoms with Gasteiger partial charge in [-0.25, -0.2) is 0 Å². The van der Waals surface area contributed by atoms with Crippen molar-refractivity contribution in [3.63, 3.8) is 0 Å². The lowest BCUT2D eigenvalue weighted by atomic mass is 9.93. The van der Waals surface area contributed by atoms with Gasteiger partial charge in [-0.3, -0.25) is 9.69 Å². The molecule has 23 heavy (non-hydrogen) atoms. The van der Waals surface area contributed by atoms with Crippen LogP contribution in [0.5, 0.6) is 0 Å². The quantitative estimate of drug-likeness (QED) is 0.848. The maximum Gasteiger partial charge on any atom is 0.223 e. The highest BCUT2D eigenvalue weighted by Crippen LogP contribution is 2.18. The van der Waals surface area contributed by atoms with Gasteiger partial charge in [-0.15, -0.1) is 0 Å². The second-order valence-corrected chi connectivity index (χ2v) is 6.44. The fourth-order valence-corrected chi connectivity index (χ4v) is 3.28. The van der Waals surface area contributed by atoms with Gasteiger partial charge in [0.05, 0.1) is 12.7 Å². The summed E-state index contributed by atoms with van der Waals surface area (Å²) in [5.74, 6) is 0.321. The van der Waals surface area contributed by atoms with Crippen molar-refractivity contribution in [3.05, 3.63) is 48.0 Å². The van der Waals surface area contributed by atoms with E-state index in [1.54, 1.807) is 0 Å². The number of allylic oxidation sites excluding steroid dienone is 2. The Hall–Kier alpha value is -1.65. The number of ether oxygens (including phenoxy) is 1. The van der Waals surface area contributed by atoms with Gasteiger partial charge in [-0.1, -0.05) is 42.5 Å². The molecule has 1 saturated heterocycles. The molecule has 1 amide bonds.